The second-order valence-corrected chi connectivity index (χ2v) is 3.98. The van der Waals surface area contributed by atoms with Crippen LogP contribution in [-0.2, 0) is 4.79 Å². The quantitative estimate of drug-likeness (QED) is 0.863. The molecule has 0 aliphatic rings. The molecular formula is C14H15N3O. The lowest BCUT2D eigenvalue weighted by atomic mass is 10.1. The van der Waals surface area contributed by atoms with E-state index < -0.39 is 0 Å². The van der Waals surface area contributed by atoms with Crippen LogP contribution in [0.3, 0.4) is 0 Å². The topological polar surface area (TPSA) is 68.0 Å². The Morgan fingerprint density at radius 2 is 2.11 bits per heavy atom. The Kier molecular flexibility index (Phi) is 3.57. The fourth-order valence-electron chi connectivity index (χ4n) is 1.76. The molecule has 4 nitrogen and oxygen atoms in total. The molecule has 1 aromatic carbocycles. The number of benzene rings is 1. The van der Waals surface area contributed by atoms with Gasteiger partial charge in [0.2, 0.25) is 5.91 Å². The first-order chi connectivity index (χ1) is 8.68. The Bertz CT molecular complexity index is 605. The summed E-state index contributed by atoms with van der Waals surface area (Å²) in [7, 11) is 0. The van der Waals surface area contributed by atoms with Crippen LogP contribution >= 0.6 is 0 Å². The van der Waals surface area contributed by atoms with Crippen molar-refractivity contribution < 1.29 is 4.79 Å². The average molecular weight is 241 g/mol. The van der Waals surface area contributed by atoms with E-state index in [-0.39, 0.29) is 5.91 Å². The molecule has 0 spiro atoms. The van der Waals surface area contributed by atoms with Crippen molar-refractivity contribution in [2.45, 2.75) is 6.92 Å². The first-order valence-electron chi connectivity index (χ1n) is 5.72. The van der Waals surface area contributed by atoms with Crippen molar-refractivity contribution in [3.63, 3.8) is 0 Å². The second kappa shape index (κ2) is 5.31. The van der Waals surface area contributed by atoms with Crippen LogP contribution in [0.2, 0.25) is 0 Å². The van der Waals surface area contributed by atoms with Gasteiger partial charge in [0.05, 0.1) is 0 Å². The van der Waals surface area contributed by atoms with Crippen LogP contribution in [0.5, 0.6) is 0 Å². The third-order valence-corrected chi connectivity index (χ3v) is 2.62. The van der Waals surface area contributed by atoms with Crippen molar-refractivity contribution in [2.75, 3.05) is 12.3 Å². The molecule has 0 bridgehead atoms. The van der Waals surface area contributed by atoms with Gasteiger partial charge in [-0.1, -0.05) is 36.4 Å². The van der Waals surface area contributed by atoms with Crippen molar-refractivity contribution in [2.24, 2.45) is 0 Å². The van der Waals surface area contributed by atoms with E-state index in [4.69, 9.17) is 5.73 Å². The number of nitrogens with one attached hydrogen (secondary N) is 1. The van der Waals surface area contributed by atoms with Crippen LogP contribution in [0.4, 0.5) is 5.82 Å². The zero-order chi connectivity index (χ0) is 13.0. The number of rotatable bonds is 3. The third-order valence-electron chi connectivity index (χ3n) is 2.62. The Labute approximate surface area is 106 Å². The molecule has 1 aromatic heterocycles. The summed E-state index contributed by atoms with van der Waals surface area (Å²) in [5.74, 6) is 0.490. The first-order valence-corrected chi connectivity index (χ1v) is 5.72. The molecule has 0 atom stereocenters. The number of amides is 1. The van der Waals surface area contributed by atoms with Crippen LogP contribution in [0.15, 0.2) is 36.5 Å². The van der Waals surface area contributed by atoms with Crippen LogP contribution in [0.25, 0.3) is 16.8 Å². The average Bonchev–Trinajstić information content (AvgIpc) is 2.37. The predicted molar refractivity (Wildman–Crippen MR) is 73.9 cm³/mol. The number of carbonyl (C=O) groups is 1. The van der Waals surface area contributed by atoms with Gasteiger partial charge in [-0.2, -0.15) is 0 Å². The van der Waals surface area contributed by atoms with Crippen LogP contribution in [0.1, 0.15) is 12.5 Å². The lowest BCUT2D eigenvalue weighted by Gasteiger charge is -2.04. The van der Waals surface area contributed by atoms with Crippen LogP contribution in [-0.4, -0.2) is 17.4 Å². The molecule has 2 aromatic rings. The number of hydrogen-bond acceptors (Lipinski definition) is 3. The number of pyridine rings is 1. The number of fused-ring (bicyclic) bond motifs is 1. The number of nitrogens with two attached hydrogens (primary N) is 1. The summed E-state index contributed by atoms with van der Waals surface area (Å²) >= 11 is 0. The van der Waals surface area contributed by atoms with Gasteiger partial charge in [-0.15, -0.1) is 0 Å². The fourth-order valence-corrected chi connectivity index (χ4v) is 1.76. The van der Waals surface area contributed by atoms with E-state index in [1.54, 1.807) is 6.20 Å². The maximum Gasteiger partial charge on any atom is 0.217 e. The third kappa shape index (κ3) is 2.66. The SMILES string of the molecule is CC(=O)NCC=Cc1cnc(N)c2ccccc12. The zero-order valence-corrected chi connectivity index (χ0v) is 10.2. The van der Waals surface area contributed by atoms with Gasteiger partial charge in [-0.05, 0) is 5.39 Å². The van der Waals surface area contributed by atoms with Gasteiger partial charge < -0.3 is 11.1 Å². The van der Waals surface area contributed by atoms with E-state index in [1.165, 1.54) is 6.92 Å². The second-order valence-electron chi connectivity index (χ2n) is 3.98. The van der Waals surface area contributed by atoms with E-state index in [0.29, 0.717) is 12.4 Å². The monoisotopic (exact) mass is 241 g/mol. The van der Waals surface area contributed by atoms with Gasteiger partial charge >= 0.3 is 0 Å². The molecule has 0 radical (unpaired) electrons. The maximum atomic E-state index is 10.7. The minimum Gasteiger partial charge on any atom is -0.383 e. The van der Waals surface area contributed by atoms with E-state index in [0.717, 1.165) is 16.3 Å². The molecule has 4 heteroatoms. The highest BCUT2D eigenvalue weighted by molar-refractivity contribution is 5.96. The van der Waals surface area contributed by atoms with E-state index in [9.17, 15) is 4.79 Å². The number of anilines is 1. The molecule has 3 N–H and O–H groups in total. The highest BCUT2D eigenvalue weighted by atomic mass is 16.1. The van der Waals surface area contributed by atoms with Crippen molar-refractivity contribution in [3.05, 3.63) is 42.1 Å². The van der Waals surface area contributed by atoms with Crippen molar-refractivity contribution in [1.82, 2.24) is 10.3 Å². The molecule has 0 saturated heterocycles. The zero-order valence-electron chi connectivity index (χ0n) is 10.2. The van der Waals surface area contributed by atoms with Gasteiger partial charge in [-0.3, -0.25) is 4.79 Å². The van der Waals surface area contributed by atoms with E-state index in [1.807, 2.05) is 36.4 Å². The summed E-state index contributed by atoms with van der Waals surface area (Å²) in [6.45, 7) is 2.00. The molecule has 0 aliphatic carbocycles. The standard InChI is InChI=1S/C14H15N3O/c1-10(18)16-8-4-5-11-9-17-14(15)13-7-3-2-6-12(11)13/h2-7,9H,8H2,1H3,(H2,15,17)(H,16,18). The summed E-state index contributed by atoms with van der Waals surface area (Å²) in [5, 5.41) is 4.71. The van der Waals surface area contributed by atoms with Gasteiger partial charge in [0.25, 0.3) is 0 Å². The number of carbonyl (C=O) groups excluding carboxylic acids is 1. The van der Waals surface area contributed by atoms with Gasteiger partial charge in [0.1, 0.15) is 5.82 Å². The number of nitrogen functional groups attached to an aromatic ring is 1. The van der Waals surface area contributed by atoms with E-state index >= 15 is 0 Å². The molecular weight excluding hydrogens is 226 g/mol. The molecule has 0 fully saturated rings. The highest BCUT2D eigenvalue weighted by Gasteiger charge is 2.01. The molecule has 1 heterocycles. The summed E-state index contributed by atoms with van der Waals surface area (Å²) < 4.78 is 0. The Morgan fingerprint density at radius 1 is 1.39 bits per heavy atom. The summed E-state index contributed by atoms with van der Waals surface area (Å²) in [5.41, 5.74) is 6.82. The summed E-state index contributed by atoms with van der Waals surface area (Å²) in [6, 6.07) is 7.85. The Hall–Kier alpha value is -2.36. The van der Waals surface area contributed by atoms with Gasteiger partial charge in [-0.25, -0.2) is 4.98 Å². The van der Waals surface area contributed by atoms with Crippen molar-refractivity contribution in [1.29, 1.82) is 0 Å². The van der Waals surface area contributed by atoms with Crippen LogP contribution < -0.4 is 11.1 Å². The highest BCUT2D eigenvalue weighted by Crippen LogP contribution is 2.22. The molecule has 0 saturated carbocycles. The van der Waals surface area contributed by atoms with E-state index in [2.05, 4.69) is 10.3 Å². The van der Waals surface area contributed by atoms with Gasteiger partial charge in [0, 0.05) is 30.6 Å². The normalized spacial score (nSPS) is 10.9. The minimum absolute atomic E-state index is 0.0417. The molecule has 92 valence electrons. The first kappa shape index (κ1) is 12.1. The number of nitrogens with zero attached hydrogens (tertiary/aromatic N) is 1. The number of aromatic nitrogens is 1. The lowest BCUT2D eigenvalue weighted by molar-refractivity contribution is -0.118. The smallest absolute Gasteiger partial charge is 0.217 e. The van der Waals surface area contributed by atoms with Crippen molar-refractivity contribution in [3.8, 4) is 0 Å². The Balaban J connectivity index is 2.29. The fraction of sp³-hybridized carbons (Fsp3) is 0.143. The molecule has 0 unspecified atom stereocenters. The largest absolute Gasteiger partial charge is 0.383 e. The summed E-state index contributed by atoms with van der Waals surface area (Å²) in [4.78, 5) is 14.9. The maximum absolute atomic E-state index is 10.7. The van der Waals surface area contributed by atoms with Crippen molar-refractivity contribution >= 4 is 28.6 Å². The molecule has 2 rings (SSSR count). The van der Waals surface area contributed by atoms with Crippen LogP contribution in [0, 0.1) is 0 Å². The summed E-state index contributed by atoms with van der Waals surface area (Å²) in [6.07, 6.45) is 5.56. The lowest BCUT2D eigenvalue weighted by Crippen LogP contribution is -2.19. The molecule has 18 heavy (non-hydrogen) atoms. The predicted octanol–water partition coefficient (Wildman–Crippen LogP) is 1.97. The van der Waals surface area contributed by atoms with Gasteiger partial charge in [0.15, 0.2) is 0 Å². The minimum atomic E-state index is -0.0417. The number of hydrogen-bond donors (Lipinski definition) is 2. The molecule has 1 amide bonds. The Morgan fingerprint density at radius 3 is 2.83 bits per heavy atom. The molecule has 0 aliphatic heterocycles.